The molecule has 2 aromatic carbocycles. The molecular weight excluding hydrogens is 374 g/mol. The number of rotatable bonds is 5. The van der Waals surface area contributed by atoms with Crippen LogP contribution in [0.3, 0.4) is 0 Å². The number of nitrogens with one attached hydrogen (secondary N) is 2. The van der Waals surface area contributed by atoms with Gasteiger partial charge in [0.25, 0.3) is 0 Å². The summed E-state index contributed by atoms with van der Waals surface area (Å²) in [7, 11) is 0. The van der Waals surface area contributed by atoms with Crippen LogP contribution < -0.4 is 10.6 Å². The van der Waals surface area contributed by atoms with Crippen LogP contribution >= 0.6 is 0 Å². The van der Waals surface area contributed by atoms with E-state index in [4.69, 9.17) is 0 Å². The summed E-state index contributed by atoms with van der Waals surface area (Å²) >= 11 is 0. The van der Waals surface area contributed by atoms with Gasteiger partial charge in [0, 0.05) is 30.0 Å². The highest BCUT2D eigenvalue weighted by Crippen LogP contribution is 2.48. The molecule has 0 unspecified atom stereocenters. The Hall–Kier alpha value is -3.47. The maximum Gasteiger partial charge on any atom is 0.228 e. The Morgan fingerprint density at radius 2 is 1.67 bits per heavy atom. The number of nitrogens with zero attached hydrogens (tertiary/aromatic N) is 1. The van der Waals surface area contributed by atoms with Crippen LogP contribution in [0.15, 0.2) is 79.1 Å². The predicted octanol–water partition coefficient (Wildman–Crippen LogP) is 3.93. The molecule has 2 aliphatic carbocycles. The van der Waals surface area contributed by atoms with Gasteiger partial charge in [0.05, 0.1) is 11.8 Å². The standard InChI is InChI=1S/C25H23N3O2/c29-24(27-15-16-5-4-12-26-14-16)22-18-10-11-19(13-18)23(22)25(30)28-21-9-3-7-17-6-1-2-8-20(17)21/h1-12,14,18-19,22-23H,13,15H2,(H,27,29)(H,28,30)/t18-,19+,22+,23-/m0/s1. The highest BCUT2D eigenvalue weighted by atomic mass is 16.2. The normalized spacial score (nSPS) is 24.1. The van der Waals surface area contributed by atoms with Crippen LogP contribution in [0, 0.1) is 23.7 Å². The van der Waals surface area contributed by atoms with Gasteiger partial charge in [-0.3, -0.25) is 14.6 Å². The van der Waals surface area contributed by atoms with Gasteiger partial charge in [0.1, 0.15) is 0 Å². The molecule has 1 aromatic heterocycles. The van der Waals surface area contributed by atoms with Crippen LogP contribution in [0.2, 0.25) is 0 Å². The second-order valence-corrected chi connectivity index (χ2v) is 8.09. The van der Waals surface area contributed by atoms with E-state index in [1.807, 2.05) is 54.6 Å². The van der Waals surface area contributed by atoms with Gasteiger partial charge in [0.15, 0.2) is 0 Å². The van der Waals surface area contributed by atoms with E-state index in [-0.39, 0.29) is 35.5 Å². The number of benzene rings is 2. The zero-order valence-electron chi connectivity index (χ0n) is 16.5. The molecule has 30 heavy (non-hydrogen) atoms. The van der Waals surface area contributed by atoms with Crippen molar-refractivity contribution >= 4 is 28.3 Å². The van der Waals surface area contributed by atoms with Crippen LogP contribution in [0.25, 0.3) is 10.8 Å². The summed E-state index contributed by atoms with van der Waals surface area (Å²) in [5.41, 5.74) is 1.74. The minimum Gasteiger partial charge on any atom is -0.352 e. The van der Waals surface area contributed by atoms with Gasteiger partial charge in [-0.05, 0) is 41.3 Å². The van der Waals surface area contributed by atoms with Gasteiger partial charge < -0.3 is 10.6 Å². The summed E-state index contributed by atoms with van der Waals surface area (Å²) in [5, 5.41) is 8.20. The molecule has 5 nitrogen and oxygen atoms in total. The summed E-state index contributed by atoms with van der Waals surface area (Å²) < 4.78 is 0. The third-order valence-electron chi connectivity index (χ3n) is 6.30. The zero-order chi connectivity index (χ0) is 20.5. The van der Waals surface area contributed by atoms with Crippen LogP contribution in [-0.2, 0) is 16.1 Å². The summed E-state index contributed by atoms with van der Waals surface area (Å²) in [6, 6.07) is 17.6. The minimum absolute atomic E-state index is 0.0613. The fraction of sp³-hybridized carbons (Fsp3) is 0.240. The highest BCUT2D eigenvalue weighted by Gasteiger charge is 2.51. The highest BCUT2D eigenvalue weighted by molar-refractivity contribution is 6.04. The number of anilines is 1. The van der Waals surface area contributed by atoms with Crippen molar-refractivity contribution in [3.05, 3.63) is 84.7 Å². The number of allylic oxidation sites excluding steroid dienone is 2. The molecule has 150 valence electrons. The third-order valence-corrected chi connectivity index (χ3v) is 6.30. The van der Waals surface area contributed by atoms with Crippen LogP contribution in [0.4, 0.5) is 5.69 Å². The van der Waals surface area contributed by atoms with Gasteiger partial charge in [-0.1, -0.05) is 54.6 Å². The minimum atomic E-state index is -0.354. The Labute approximate surface area is 175 Å². The first kappa shape index (κ1) is 18.6. The van der Waals surface area contributed by atoms with E-state index in [0.29, 0.717) is 6.54 Å². The van der Waals surface area contributed by atoms with Gasteiger partial charge in [-0.25, -0.2) is 0 Å². The van der Waals surface area contributed by atoms with Crippen molar-refractivity contribution in [2.45, 2.75) is 13.0 Å². The lowest BCUT2D eigenvalue weighted by atomic mass is 9.81. The predicted molar refractivity (Wildman–Crippen MR) is 116 cm³/mol. The Kier molecular flexibility index (Phi) is 4.79. The van der Waals surface area contributed by atoms with E-state index in [1.54, 1.807) is 12.4 Å². The molecule has 5 heteroatoms. The summed E-state index contributed by atoms with van der Waals surface area (Å²) in [5.74, 6) is -0.607. The Bertz CT molecular complexity index is 1120. The molecule has 1 fully saturated rings. The first-order valence-electron chi connectivity index (χ1n) is 10.3. The smallest absolute Gasteiger partial charge is 0.228 e. The number of pyridine rings is 1. The molecule has 0 spiro atoms. The number of fused-ring (bicyclic) bond motifs is 3. The van der Waals surface area contributed by atoms with Crippen molar-refractivity contribution in [2.75, 3.05) is 5.32 Å². The Morgan fingerprint density at radius 3 is 2.47 bits per heavy atom. The van der Waals surface area contributed by atoms with Crippen LogP contribution in [0.5, 0.6) is 0 Å². The Balaban J connectivity index is 1.35. The quantitative estimate of drug-likeness (QED) is 0.641. The number of carbonyl (C=O) groups is 2. The second-order valence-electron chi connectivity index (χ2n) is 8.09. The number of carbonyl (C=O) groups excluding carboxylic acids is 2. The molecule has 2 bridgehead atoms. The molecule has 0 aliphatic heterocycles. The monoisotopic (exact) mass is 397 g/mol. The summed E-state index contributed by atoms with van der Waals surface area (Å²) in [4.78, 5) is 30.4. The first-order valence-corrected chi connectivity index (χ1v) is 10.3. The molecular formula is C25H23N3O2. The first-order chi connectivity index (χ1) is 14.7. The number of amides is 2. The van der Waals surface area contributed by atoms with Crippen LogP contribution in [-0.4, -0.2) is 16.8 Å². The molecule has 2 aliphatic rings. The van der Waals surface area contributed by atoms with Crippen molar-refractivity contribution in [3.63, 3.8) is 0 Å². The summed E-state index contributed by atoms with van der Waals surface area (Å²) in [6.07, 6.45) is 8.51. The maximum atomic E-state index is 13.3. The average Bonchev–Trinajstić information content (AvgIpc) is 3.40. The summed E-state index contributed by atoms with van der Waals surface area (Å²) in [6.45, 7) is 0.419. The van der Waals surface area contributed by atoms with Crippen molar-refractivity contribution in [2.24, 2.45) is 23.7 Å². The van der Waals surface area contributed by atoms with Crippen molar-refractivity contribution in [1.29, 1.82) is 0 Å². The molecule has 2 amide bonds. The van der Waals surface area contributed by atoms with Gasteiger partial charge in [-0.2, -0.15) is 0 Å². The molecule has 4 atom stereocenters. The lowest BCUT2D eigenvalue weighted by molar-refractivity contribution is -0.133. The number of hydrogen-bond acceptors (Lipinski definition) is 3. The molecule has 0 saturated heterocycles. The third kappa shape index (κ3) is 3.36. The lowest BCUT2D eigenvalue weighted by Crippen LogP contribution is -2.41. The maximum absolute atomic E-state index is 13.3. The molecule has 5 rings (SSSR count). The fourth-order valence-electron chi connectivity index (χ4n) is 4.90. The second kappa shape index (κ2) is 7.75. The van der Waals surface area contributed by atoms with E-state index in [9.17, 15) is 9.59 Å². The van der Waals surface area contributed by atoms with Gasteiger partial charge >= 0.3 is 0 Å². The van der Waals surface area contributed by atoms with Crippen LogP contribution in [0.1, 0.15) is 12.0 Å². The van der Waals surface area contributed by atoms with E-state index >= 15 is 0 Å². The zero-order valence-corrected chi connectivity index (χ0v) is 16.5. The molecule has 1 saturated carbocycles. The lowest BCUT2D eigenvalue weighted by Gasteiger charge is -2.26. The molecule has 0 radical (unpaired) electrons. The average molecular weight is 397 g/mol. The van der Waals surface area contributed by atoms with Gasteiger partial charge in [0.2, 0.25) is 11.8 Å². The van der Waals surface area contributed by atoms with Gasteiger partial charge in [-0.15, -0.1) is 0 Å². The molecule has 3 aromatic rings. The largest absolute Gasteiger partial charge is 0.352 e. The fourth-order valence-corrected chi connectivity index (χ4v) is 4.90. The molecule has 2 N–H and O–H groups in total. The van der Waals surface area contributed by atoms with E-state index in [1.165, 1.54) is 0 Å². The Morgan fingerprint density at radius 1 is 0.900 bits per heavy atom. The van der Waals surface area contributed by atoms with E-state index in [2.05, 4.69) is 27.8 Å². The van der Waals surface area contributed by atoms with Crippen molar-refractivity contribution < 1.29 is 9.59 Å². The van der Waals surface area contributed by atoms with E-state index in [0.717, 1.165) is 28.4 Å². The van der Waals surface area contributed by atoms with Crippen molar-refractivity contribution in [3.8, 4) is 0 Å². The number of hydrogen-bond donors (Lipinski definition) is 2. The molecule has 1 heterocycles. The SMILES string of the molecule is O=C(Nc1cccc2ccccc12)[C@@H]1[C@H](C(=O)NCc2cccnc2)[C@H]2C=C[C@@H]1C2. The number of aromatic nitrogens is 1. The van der Waals surface area contributed by atoms with Crippen molar-refractivity contribution in [1.82, 2.24) is 10.3 Å². The topological polar surface area (TPSA) is 71.1 Å². The van der Waals surface area contributed by atoms with E-state index < -0.39 is 0 Å².